The molecule has 2 atom stereocenters. The van der Waals surface area contributed by atoms with E-state index in [0.29, 0.717) is 17.8 Å². The molecule has 0 amide bonds. The summed E-state index contributed by atoms with van der Waals surface area (Å²) in [4.78, 5) is 0. The number of rotatable bonds is 8. The summed E-state index contributed by atoms with van der Waals surface area (Å²) in [6, 6.07) is 14.3. The molecule has 0 N–H and O–H groups in total. The van der Waals surface area contributed by atoms with Crippen molar-refractivity contribution < 1.29 is 17.5 Å². The van der Waals surface area contributed by atoms with E-state index in [0.717, 1.165) is 11.1 Å². The van der Waals surface area contributed by atoms with Gasteiger partial charge in [-0.25, -0.2) is 0 Å². The maximum absolute atomic E-state index is 11.5. The molecule has 0 aliphatic heterocycles. The molecule has 0 saturated carbocycles. The lowest BCUT2D eigenvalue weighted by molar-refractivity contribution is 0.528. The van der Waals surface area contributed by atoms with Crippen LogP contribution in [0.5, 0.6) is 0 Å². The molecule has 2 aromatic carbocycles. The zero-order valence-corrected chi connectivity index (χ0v) is 15.7. The Balaban J connectivity index is 2.04. The molecule has 2 aromatic rings. The quantitative estimate of drug-likeness (QED) is 0.659. The first-order chi connectivity index (χ1) is 11.9. The van der Waals surface area contributed by atoms with Crippen LogP contribution in [0.2, 0.25) is 0 Å². The number of nitrogens with zero attached hydrogens (tertiary/aromatic N) is 2. The van der Waals surface area contributed by atoms with E-state index < -0.39 is 22.5 Å². The van der Waals surface area contributed by atoms with Crippen LogP contribution in [0.4, 0.5) is 11.4 Å². The van der Waals surface area contributed by atoms with Crippen LogP contribution in [-0.2, 0) is 22.5 Å². The van der Waals surface area contributed by atoms with Gasteiger partial charge in [-0.1, -0.05) is 35.4 Å². The molecule has 0 saturated heterocycles. The molecule has 8 heteroatoms. The Labute approximate surface area is 153 Å². The maximum Gasteiger partial charge on any atom is 0.0482 e. The van der Waals surface area contributed by atoms with Crippen LogP contribution in [0.3, 0.4) is 0 Å². The smallest absolute Gasteiger partial charge is 0.0482 e. The van der Waals surface area contributed by atoms with Crippen molar-refractivity contribution in [2.75, 3.05) is 21.7 Å². The Morgan fingerprint density at radius 3 is 1.32 bits per heavy atom. The molecule has 0 heterocycles. The Morgan fingerprint density at radius 1 is 0.720 bits per heavy atom. The van der Waals surface area contributed by atoms with E-state index >= 15 is 0 Å². The average Bonchev–Trinajstić information content (AvgIpc) is 2.57. The summed E-state index contributed by atoms with van der Waals surface area (Å²) in [5.41, 5.74) is 3.19. The van der Waals surface area contributed by atoms with Crippen LogP contribution >= 0.6 is 0 Å². The van der Waals surface area contributed by atoms with Gasteiger partial charge in [-0.2, -0.15) is 0 Å². The van der Waals surface area contributed by atoms with Gasteiger partial charge in [-0.05, 0) is 44.5 Å². The highest BCUT2D eigenvalue weighted by Gasteiger charge is 2.11. The third-order valence-electron chi connectivity index (χ3n) is 3.73. The predicted octanol–water partition coefficient (Wildman–Crippen LogP) is 2.59. The molecule has 0 aliphatic rings. The molecule has 0 aliphatic carbocycles. The Hall–Kier alpha value is -1.74. The van der Waals surface area contributed by atoms with Gasteiger partial charge in [0.15, 0.2) is 0 Å². The monoisotopic (exact) mass is 380 g/mol. The van der Waals surface area contributed by atoms with E-state index in [1.54, 1.807) is 24.3 Å². The minimum atomic E-state index is -2.42. The van der Waals surface area contributed by atoms with Crippen molar-refractivity contribution in [1.82, 2.24) is 0 Å². The van der Waals surface area contributed by atoms with E-state index in [1.807, 2.05) is 38.1 Å². The van der Waals surface area contributed by atoms with Gasteiger partial charge in [0.2, 0.25) is 0 Å². The van der Waals surface area contributed by atoms with Crippen LogP contribution in [0.1, 0.15) is 17.5 Å². The van der Waals surface area contributed by atoms with E-state index in [-0.39, 0.29) is 13.1 Å². The fraction of sp³-hybridized carbons (Fsp3) is 0.294. The molecule has 0 bridgehead atoms. The minimum Gasteiger partial charge on any atom is -0.755 e. The lowest BCUT2D eigenvalue weighted by atomic mass is 10.2. The fourth-order valence-electron chi connectivity index (χ4n) is 2.36. The van der Waals surface area contributed by atoms with E-state index in [9.17, 15) is 17.5 Å². The second kappa shape index (κ2) is 9.10. The van der Waals surface area contributed by atoms with Crippen LogP contribution in [0, 0.1) is 13.8 Å². The highest BCUT2D eigenvalue weighted by atomic mass is 32.2. The molecular formula is C17H20N2O4S2-2. The van der Waals surface area contributed by atoms with Gasteiger partial charge in [0, 0.05) is 47.0 Å². The predicted molar refractivity (Wildman–Crippen MR) is 99.5 cm³/mol. The van der Waals surface area contributed by atoms with Crippen molar-refractivity contribution in [1.29, 1.82) is 0 Å². The maximum atomic E-state index is 11.5. The first-order valence-corrected chi connectivity index (χ1v) is 9.82. The third-order valence-corrected chi connectivity index (χ3v) is 5.23. The standard InChI is InChI=1S/C17H22N2O4S2/c1-14-4-8-16(9-5-14)18(24(20)21)12-3-13-19(25(22)23)17-10-6-15(2)7-11-17/h4-11H,3,12-13H2,1-2H3,(H,20,21)(H,22,23)/p-2. The SMILES string of the molecule is Cc1ccc(N(CCCN(c2ccc(C)cc2)S(=O)[O-])S(=O)[O-])cc1. The Morgan fingerprint density at radius 2 is 1.04 bits per heavy atom. The van der Waals surface area contributed by atoms with Gasteiger partial charge in [-0.3, -0.25) is 8.42 Å². The number of hydrogen-bond acceptors (Lipinski definition) is 4. The summed E-state index contributed by atoms with van der Waals surface area (Å²) >= 11 is -4.85. The lowest BCUT2D eigenvalue weighted by Crippen LogP contribution is -2.32. The second-order valence-corrected chi connectivity index (χ2v) is 7.41. The molecule has 0 radical (unpaired) electrons. The van der Waals surface area contributed by atoms with Crippen molar-refractivity contribution in [2.45, 2.75) is 20.3 Å². The van der Waals surface area contributed by atoms with Gasteiger partial charge in [-0.15, -0.1) is 0 Å². The van der Waals surface area contributed by atoms with Gasteiger partial charge in [0.1, 0.15) is 0 Å². The van der Waals surface area contributed by atoms with Crippen LogP contribution in [0.25, 0.3) is 0 Å². The second-order valence-electron chi connectivity index (χ2n) is 5.66. The first kappa shape index (κ1) is 19.6. The fourth-order valence-corrected chi connectivity index (χ4v) is 3.50. The van der Waals surface area contributed by atoms with Crippen LogP contribution in [-0.4, -0.2) is 30.6 Å². The average molecular weight is 380 g/mol. The highest BCUT2D eigenvalue weighted by Crippen LogP contribution is 2.19. The Bertz CT molecular complexity index is 672. The number of aryl methyl sites for hydroxylation is 2. The van der Waals surface area contributed by atoms with Crippen molar-refractivity contribution in [2.24, 2.45) is 0 Å². The summed E-state index contributed by atoms with van der Waals surface area (Å²) < 4.78 is 48.4. The molecular weight excluding hydrogens is 360 g/mol. The lowest BCUT2D eigenvalue weighted by Gasteiger charge is -2.30. The number of anilines is 2. The topological polar surface area (TPSA) is 86.7 Å². The summed E-state index contributed by atoms with van der Waals surface area (Å²) in [5, 5.41) is 0. The number of hydrogen-bond donors (Lipinski definition) is 0. The van der Waals surface area contributed by atoms with E-state index in [4.69, 9.17) is 0 Å². The van der Waals surface area contributed by atoms with Gasteiger partial charge >= 0.3 is 0 Å². The minimum absolute atomic E-state index is 0.193. The molecule has 0 spiro atoms. The van der Waals surface area contributed by atoms with Crippen molar-refractivity contribution in [3.8, 4) is 0 Å². The number of benzene rings is 2. The zero-order valence-electron chi connectivity index (χ0n) is 14.1. The Kier molecular flexibility index (Phi) is 7.12. The molecule has 2 rings (SSSR count). The largest absolute Gasteiger partial charge is 0.755 e. The molecule has 25 heavy (non-hydrogen) atoms. The molecule has 0 aromatic heterocycles. The highest BCUT2D eigenvalue weighted by molar-refractivity contribution is 7.80. The van der Waals surface area contributed by atoms with Gasteiger partial charge in [0.25, 0.3) is 0 Å². The summed E-state index contributed by atoms with van der Waals surface area (Å²) in [5.74, 6) is 0. The van der Waals surface area contributed by atoms with E-state index in [2.05, 4.69) is 0 Å². The van der Waals surface area contributed by atoms with Gasteiger partial charge in [0.05, 0.1) is 0 Å². The summed E-state index contributed by atoms with van der Waals surface area (Å²) in [6.07, 6.45) is 0.365. The first-order valence-electron chi connectivity index (χ1n) is 7.75. The van der Waals surface area contributed by atoms with Gasteiger partial charge < -0.3 is 17.7 Å². The summed E-state index contributed by atoms with van der Waals surface area (Å²) in [6.45, 7) is 4.23. The van der Waals surface area contributed by atoms with E-state index in [1.165, 1.54) is 8.61 Å². The van der Waals surface area contributed by atoms with Crippen molar-refractivity contribution in [3.05, 3.63) is 59.7 Å². The van der Waals surface area contributed by atoms with Crippen LogP contribution < -0.4 is 8.61 Å². The molecule has 2 unspecified atom stereocenters. The molecule has 6 nitrogen and oxygen atoms in total. The normalized spacial score (nSPS) is 13.3. The van der Waals surface area contributed by atoms with Crippen molar-refractivity contribution in [3.63, 3.8) is 0 Å². The van der Waals surface area contributed by atoms with Crippen molar-refractivity contribution >= 4 is 33.9 Å². The molecule has 136 valence electrons. The van der Waals surface area contributed by atoms with Crippen LogP contribution in [0.15, 0.2) is 48.5 Å². The zero-order chi connectivity index (χ0) is 18.4. The summed E-state index contributed by atoms with van der Waals surface area (Å²) in [7, 11) is 0. The third kappa shape index (κ3) is 5.64. The molecule has 0 fully saturated rings.